The van der Waals surface area contributed by atoms with Crippen LogP contribution >= 0.6 is 0 Å². The summed E-state index contributed by atoms with van der Waals surface area (Å²) in [5, 5.41) is 9.21. The topological polar surface area (TPSA) is 23.8 Å². The lowest BCUT2D eigenvalue weighted by atomic mass is 9.76. The maximum Gasteiger partial charge on any atom is 0.0994 e. The molecule has 1 aromatic rings. The summed E-state index contributed by atoms with van der Waals surface area (Å²) in [5.74, 6) is 4.92. The molecule has 5 rings (SSSR count). The lowest BCUT2D eigenvalue weighted by molar-refractivity contribution is 0.398. The molecular formula is C15H11N. The molecule has 1 heteroatoms. The van der Waals surface area contributed by atoms with Crippen molar-refractivity contribution in [3.8, 4) is 6.07 Å². The van der Waals surface area contributed by atoms with Gasteiger partial charge in [-0.1, -0.05) is 24.3 Å². The van der Waals surface area contributed by atoms with E-state index < -0.39 is 0 Å². The van der Waals surface area contributed by atoms with Crippen molar-refractivity contribution < 1.29 is 0 Å². The van der Waals surface area contributed by atoms with E-state index >= 15 is 0 Å². The van der Waals surface area contributed by atoms with Crippen LogP contribution in [0.5, 0.6) is 0 Å². The lowest BCUT2D eigenvalue weighted by Gasteiger charge is -2.28. The van der Waals surface area contributed by atoms with Gasteiger partial charge in [0.2, 0.25) is 0 Å². The second-order valence-corrected chi connectivity index (χ2v) is 5.67. The van der Waals surface area contributed by atoms with Crippen molar-refractivity contribution in [2.45, 2.75) is 11.8 Å². The monoisotopic (exact) mass is 205 g/mol. The van der Waals surface area contributed by atoms with Crippen LogP contribution in [0.4, 0.5) is 0 Å². The Morgan fingerprint density at radius 1 is 1.00 bits per heavy atom. The van der Waals surface area contributed by atoms with Gasteiger partial charge < -0.3 is 0 Å². The second kappa shape index (κ2) is 2.11. The molecule has 16 heavy (non-hydrogen) atoms. The molecule has 4 aliphatic carbocycles. The molecule has 2 saturated carbocycles. The normalized spacial score (nSPS) is 47.7. The predicted molar refractivity (Wildman–Crippen MR) is 59.7 cm³/mol. The molecular weight excluding hydrogens is 194 g/mol. The molecule has 0 spiro atoms. The number of nitriles is 1. The van der Waals surface area contributed by atoms with Crippen molar-refractivity contribution in [2.75, 3.05) is 0 Å². The van der Waals surface area contributed by atoms with E-state index in [4.69, 9.17) is 0 Å². The minimum atomic E-state index is 0.738. The van der Waals surface area contributed by atoms with E-state index in [2.05, 4.69) is 30.4 Å². The summed E-state index contributed by atoms with van der Waals surface area (Å²) < 4.78 is 0. The minimum Gasteiger partial charge on any atom is -0.192 e. The fourth-order valence-corrected chi connectivity index (χ4v) is 4.83. The number of nitrogens with zero attached hydrogens (tertiary/aromatic N) is 1. The Hall–Kier alpha value is -1.55. The van der Waals surface area contributed by atoms with Gasteiger partial charge >= 0.3 is 0 Å². The van der Waals surface area contributed by atoms with Crippen LogP contribution in [0.1, 0.15) is 28.5 Å². The van der Waals surface area contributed by atoms with Crippen molar-refractivity contribution in [1.29, 1.82) is 5.26 Å². The summed E-state index contributed by atoms with van der Waals surface area (Å²) in [5.41, 5.74) is 3.86. The van der Waals surface area contributed by atoms with Crippen LogP contribution < -0.4 is 0 Å². The Morgan fingerprint density at radius 2 is 1.88 bits per heavy atom. The van der Waals surface area contributed by atoms with E-state index in [0.29, 0.717) is 0 Å². The number of hydrogen-bond donors (Lipinski definition) is 0. The Labute approximate surface area is 94.4 Å². The Kier molecular flexibility index (Phi) is 1.01. The molecule has 0 radical (unpaired) electrons. The molecule has 6 atom stereocenters. The summed E-state index contributed by atoms with van der Waals surface area (Å²) in [6.07, 6.45) is 4.80. The summed E-state index contributed by atoms with van der Waals surface area (Å²) >= 11 is 0. The smallest absolute Gasteiger partial charge is 0.0994 e. The number of hydrogen-bond acceptors (Lipinski definition) is 1. The van der Waals surface area contributed by atoms with E-state index in [0.717, 1.165) is 41.1 Å². The van der Waals surface area contributed by atoms with E-state index in [1.807, 2.05) is 6.07 Å². The molecule has 0 aliphatic heterocycles. The summed E-state index contributed by atoms with van der Waals surface area (Å²) in [6, 6.07) is 8.70. The highest BCUT2D eigenvalue weighted by Gasteiger charge is 2.72. The fraction of sp³-hybridized carbons (Fsp3) is 0.400. The second-order valence-electron chi connectivity index (χ2n) is 5.67. The molecule has 76 valence electrons. The standard InChI is InChI=1S/C15H11N/c16-6-7-2-1-3-10-11(7)14-13-9-5-4-8(9)12(10)15(13)14/h1-5,8-9,12-15H/t8-,9+,12-,13-,14+,15+/m0/s1. The third-order valence-corrected chi connectivity index (χ3v) is 5.36. The van der Waals surface area contributed by atoms with Crippen LogP contribution in [0.2, 0.25) is 0 Å². The van der Waals surface area contributed by atoms with Gasteiger partial charge in [0.25, 0.3) is 0 Å². The van der Waals surface area contributed by atoms with Crippen LogP contribution in [0, 0.1) is 35.0 Å². The van der Waals surface area contributed by atoms with Crippen LogP contribution in [-0.4, -0.2) is 0 Å². The van der Waals surface area contributed by atoms with Gasteiger partial charge in [-0.15, -0.1) is 0 Å². The average molecular weight is 205 g/mol. The largest absolute Gasteiger partial charge is 0.192 e. The van der Waals surface area contributed by atoms with Gasteiger partial charge in [-0.25, -0.2) is 0 Å². The highest BCUT2D eigenvalue weighted by Crippen LogP contribution is 2.80. The molecule has 0 saturated heterocycles. The van der Waals surface area contributed by atoms with Crippen molar-refractivity contribution in [3.63, 3.8) is 0 Å². The average Bonchev–Trinajstić information content (AvgIpc) is 2.80. The zero-order chi connectivity index (χ0) is 10.4. The minimum absolute atomic E-state index is 0.738. The maximum atomic E-state index is 9.21. The maximum absolute atomic E-state index is 9.21. The van der Waals surface area contributed by atoms with Crippen molar-refractivity contribution >= 4 is 0 Å². The highest BCUT2D eigenvalue weighted by atomic mass is 14.7. The zero-order valence-corrected chi connectivity index (χ0v) is 8.80. The summed E-state index contributed by atoms with van der Waals surface area (Å²) in [6.45, 7) is 0. The van der Waals surface area contributed by atoms with Crippen LogP contribution in [0.25, 0.3) is 0 Å². The highest BCUT2D eigenvalue weighted by molar-refractivity contribution is 5.59. The van der Waals surface area contributed by atoms with E-state index in [9.17, 15) is 5.26 Å². The Balaban J connectivity index is 1.80. The van der Waals surface area contributed by atoms with E-state index in [1.54, 1.807) is 0 Å². The SMILES string of the molecule is N#Cc1cccc2c1[C@H]1[C@@H]3[C@H]2[C@H]2C=C[C@H]2[C@@H]13. The van der Waals surface area contributed by atoms with Crippen LogP contribution in [0.15, 0.2) is 30.4 Å². The molecule has 1 nitrogen and oxygen atoms in total. The van der Waals surface area contributed by atoms with E-state index in [-0.39, 0.29) is 0 Å². The summed E-state index contributed by atoms with van der Waals surface area (Å²) in [7, 11) is 0. The molecule has 0 aromatic heterocycles. The summed E-state index contributed by atoms with van der Waals surface area (Å²) in [4.78, 5) is 0. The Bertz CT molecular complexity index is 592. The van der Waals surface area contributed by atoms with Gasteiger partial charge in [0, 0.05) is 0 Å². The zero-order valence-electron chi connectivity index (χ0n) is 8.80. The van der Waals surface area contributed by atoms with Gasteiger partial charge in [-0.2, -0.15) is 5.26 Å². The fourth-order valence-electron chi connectivity index (χ4n) is 4.83. The van der Waals surface area contributed by atoms with Crippen molar-refractivity contribution in [2.24, 2.45) is 23.7 Å². The lowest BCUT2D eigenvalue weighted by Crippen LogP contribution is -2.19. The van der Waals surface area contributed by atoms with Gasteiger partial charge in [-0.3, -0.25) is 0 Å². The van der Waals surface area contributed by atoms with Gasteiger partial charge in [0.1, 0.15) is 0 Å². The third kappa shape index (κ3) is 0.571. The molecule has 1 aromatic carbocycles. The number of fused-ring (bicyclic) bond motifs is 7. The molecule has 0 heterocycles. The first-order valence-corrected chi connectivity index (χ1v) is 6.13. The molecule has 2 fully saturated rings. The first-order valence-electron chi connectivity index (χ1n) is 6.13. The number of benzene rings is 1. The van der Waals surface area contributed by atoms with Crippen LogP contribution in [-0.2, 0) is 0 Å². The van der Waals surface area contributed by atoms with E-state index in [1.165, 1.54) is 11.1 Å². The number of rotatable bonds is 0. The molecule has 4 aliphatic rings. The van der Waals surface area contributed by atoms with Crippen molar-refractivity contribution in [3.05, 3.63) is 47.0 Å². The predicted octanol–water partition coefficient (Wildman–Crippen LogP) is 2.80. The first-order chi connectivity index (χ1) is 7.92. The third-order valence-electron chi connectivity index (χ3n) is 5.36. The molecule has 0 bridgehead atoms. The van der Waals surface area contributed by atoms with Crippen LogP contribution in [0.3, 0.4) is 0 Å². The van der Waals surface area contributed by atoms with Gasteiger partial charge in [-0.05, 0) is 52.7 Å². The molecule has 0 unspecified atom stereocenters. The number of allylic oxidation sites excluding steroid dienone is 2. The molecule has 0 N–H and O–H groups in total. The van der Waals surface area contributed by atoms with Gasteiger partial charge in [0.05, 0.1) is 11.6 Å². The first kappa shape index (κ1) is 7.68. The van der Waals surface area contributed by atoms with Crippen molar-refractivity contribution in [1.82, 2.24) is 0 Å². The molecule has 0 amide bonds. The van der Waals surface area contributed by atoms with Gasteiger partial charge in [0.15, 0.2) is 0 Å². The quantitative estimate of drug-likeness (QED) is 0.597. The Morgan fingerprint density at radius 3 is 2.62 bits per heavy atom.